The number of hydrogen-bond donors (Lipinski definition) is 4. The summed E-state index contributed by atoms with van der Waals surface area (Å²) >= 11 is 0. The van der Waals surface area contributed by atoms with E-state index in [2.05, 4.69) is 55.6 Å². The SMILES string of the molecule is CCCCCCCCCCCCCC/C=C/CC/C=C/CC/C=C/C(O)C(CO)NC(=O)C(O)CCCCCCCCCCCCCCCCCC/C=C\CCCCCCCCCCCCCCCC. The number of hydrogen-bond acceptors (Lipinski definition) is 4. The number of amides is 1. The Morgan fingerprint density at radius 2 is 0.586 bits per heavy atom. The highest BCUT2D eigenvalue weighted by molar-refractivity contribution is 5.80. The summed E-state index contributed by atoms with van der Waals surface area (Å²) in [4.78, 5) is 12.6. The molecule has 0 fully saturated rings. The monoisotopic (exact) mass is 982 g/mol. The predicted octanol–water partition coefficient (Wildman–Crippen LogP) is 20.0. The molecule has 0 rings (SSSR count). The van der Waals surface area contributed by atoms with Crippen LogP contribution >= 0.6 is 0 Å². The molecule has 412 valence electrons. The Labute approximate surface area is 437 Å². The van der Waals surface area contributed by atoms with Gasteiger partial charge < -0.3 is 20.6 Å². The minimum Gasteiger partial charge on any atom is -0.394 e. The molecule has 0 saturated carbocycles. The van der Waals surface area contributed by atoms with Crippen LogP contribution in [0.15, 0.2) is 48.6 Å². The smallest absolute Gasteiger partial charge is 0.249 e. The van der Waals surface area contributed by atoms with Gasteiger partial charge in [0.1, 0.15) is 6.10 Å². The van der Waals surface area contributed by atoms with E-state index in [-0.39, 0.29) is 6.61 Å². The van der Waals surface area contributed by atoms with E-state index in [1.165, 1.54) is 270 Å². The molecule has 70 heavy (non-hydrogen) atoms. The van der Waals surface area contributed by atoms with Crippen LogP contribution in [0, 0.1) is 0 Å². The van der Waals surface area contributed by atoms with Gasteiger partial charge in [-0.1, -0.05) is 313 Å². The van der Waals surface area contributed by atoms with Crippen LogP contribution < -0.4 is 5.32 Å². The number of carbonyl (C=O) groups excluding carboxylic acids is 1. The van der Waals surface area contributed by atoms with Gasteiger partial charge in [0.05, 0.1) is 18.8 Å². The van der Waals surface area contributed by atoms with Crippen molar-refractivity contribution >= 4 is 5.91 Å². The summed E-state index contributed by atoms with van der Waals surface area (Å²) in [5, 5.41) is 33.4. The van der Waals surface area contributed by atoms with Crippen molar-refractivity contribution in [1.82, 2.24) is 5.32 Å². The summed E-state index contributed by atoms with van der Waals surface area (Å²) in [6.45, 7) is 4.20. The van der Waals surface area contributed by atoms with Gasteiger partial charge in [0.25, 0.3) is 0 Å². The molecule has 0 aliphatic carbocycles. The summed E-state index contributed by atoms with van der Waals surface area (Å²) in [6, 6.07) is -0.823. The van der Waals surface area contributed by atoms with Crippen LogP contribution in [0.5, 0.6) is 0 Å². The summed E-state index contributed by atoms with van der Waals surface area (Å²) in [5.41, 5.74) is 0. The summed E-state index contributed by atoms with van der Waals surface area (Å²) < 4.78 is 0. The number of nitrogens with one attached hydrogen (secondary N) is 1. The lowest BCUT2D eigenvalue weighted by Crippen LogP contribution is -2.48. The molecule has 3 atom stereocenters. The van der Waals surface area contributed by atoms with E-state index in [0.717, 1.165) is 44.9 Å². The molecule has 0 aliphatic rings. The van der Waals surface area contributed by atoms with Crippen molar-refractivity contribution in [1.29, 1.82) is 0 Å². The molecule has 0 bridgehead atoms. The minimum atomic E-state index is -1.11. The number of unbranched alkanes of at least 4 members (excludes halogenated alkanes) is 44. The first-order valence-corrected chi connectivity index (χ1v) is 31.5. The normalized spacial score (nSPS) is 13.5. The quantitative estimate of drug-likeness (QED) is 0.0361. The van der Waals surface area contributed by atoms with E-state index in [1.54, 1.807) is 6.08 Å². The zero-order valence-corrected chi connectivity index (χ0v) is 47.2. The van der Waals surface area contributed by atoms with Gasteiger partial charge in [-0.05, 0) is 70.6 Å². The van der Waals surface area contributed by atoms with Crippen molar-refractivity contribution in [3.8, 4) is 0 Å². The Hall–Kier alpha value is -1.69. The van der Waals surface area contributed by atoms with E-state index < -0.39 is 24.2 Å². The van der Waals surface area contributed by atoms with E-state index in [1.807, 2.05) is 6.08 Å². The first-order chi connectivity index (χ1) is 34.6. The van der Waals surface area contributed by atoms with Crippen LogP contribution in [0.1, 0.15) is 335 Å². The van der Waals surface area contributed by atoms with Gasteiger partial charge in [-0.3, -0.25) is 4.79 Å². The molecule has 0 aromatic rings. The van der Waals surface area contributed by atoms with E-state index >= 15 is 0 Å². The van der Waals surface area contributed by atoms with Gasteiger partial charge >= 0.3 is 0 Å². The Balaban J connectivity index is 3.56. The van der Waals surface area contributed by atoms with Crippen LogP contribution in [0.3, 0.4) is 0 Å². The Morgan fingerprint density at radius 3 is 0.871 bits per heavy atom. The lowest BCUT2D eigenvalue weighted by Gasteiger charge is -2.21. The highest BCUT2D eigenvalue weighted by Crippen LogP contribution is 2.18. The van der Waals surface area contributed by atoms with E-state index in [0.29, 0.717) is 6.42 Å². The summed E-state index contributed by atoms with van der Waals surface area (Å²) in [6.07, 6.45) is 80.8. The third-order valence-corrected chi connectivity index (χ3v) is 14.6. The second kappa shape index (κ2) is 59.9. The first-order valence-electron chi connectivity index (χ1n) is 31.5. The van der Waals surface area contributed by atoms with Crippen LogP contribution in [0.25, 0.3) is 0 Å². The molecule has 0 aromatic heterocycles. The minimum absolute atomic E-state index is 0.380. The second-order valence-corrected chi connectivity index (χ2v) is 21.6. The summed E-state index contributed by atoms with van der Waals surface area (Å²) in [7, 11) is 0. The van der Waals surface area contributed by atoms with Crippen molar-refractivity contribution in [2.75, 3.05) is 6.61 Å². The topological polar surface area (TPSA) is 89.8 Å². The fraction of sp³-hybridized carbons (Fsp3) is 0.862. The lowest BCUT2D eigenvalue weighted by molar-refractivity contribution is -0.131. The molecule has 0 heterocycles. The zero-order chi connectivity index (χ0) is 50.7. The molecule has 3 unspecified atom stereocenters. The van der Waals surface area contributed by atoms with Gasteiger partial charge in [-0.15, -0.1) is 0 Å². The van der Waals surface area contributed by atoms with E-state index in [9.17, 15) is 20.1 Å². The van der Waals surface area contributed by atoms with Crippen LogP contribution in [-0.4, -0.2) is 46.1 Å². The molecular weight excluding hydrogens is 859 g/mol. The fourth-order valence-corrected chi connectivity index (χ4v) is 9.75. The van der Waals surface area contributed by atoms with Gasteiger partial charge in [-0.2, -0.15) is 0 Å². The number of carbonyl (C=O) groups is 1. The Kier molecular flexibility index (Phi) is 58.4. The Bertz CT molecular complexity index is 1130. The number of aliphatic hydroxyl groups excluding tert-OH is 3. The number of aliphatic hydroxyl groups is 3. The average Bonchev–Trinajstić information content (AvgIpc) is 3.36. The molecule has 0 radical (unpaired) electrons. The standard InChI is InChI=1S/C65H123NO4/c1-3-5-7-9-11-13-15-17-19-21-23-25-27-28-29-30-31-32-33-34-35-36-37-38-40-42-44-46-48-50-52-54-56-58-60-64(69)65(70)66-62(61-67)63(68)59-57-55-53-51-49-47-45-43-41-39-26-24-22-20-18-16-14-12-10-8-6-4-2/h30-31,41,43,49,51,57,59,62-64,67-69H,3-29,32-40,42,44-48,50,52-56,58,60-61H2,1-2H3,(H,66,70)/b31-30-,43-41+,51-49+,59-57+. The van der Waals surface area contributed by atoms with Crippen LogP contribution in [0.2, 0.25) is 0 Å². The summed E-state index contributed by atoms with van der Waals surface area (Å²) in [5.74, 6) is -0.513. The predicted molar refractivity (Wildman–Crippen MR) is 310 cm³/mol. The van der Waals surface area contributed by atoms with Crippen molar-refractivity contribution in [3.63, 3.8) is 0 Å². The maximum absolute atomic E-state index is 12.6. The fourth-order valence-electron chi connectivity index (χ4n) is 9.75. The molecule has 5 heteroatoms. The largest absolute Gasteiger partial charge is 0.394 e. The van der Waals surface area contributed by atoms with Gasteiger partial charge in [-0.25, -0.2) is 0 Å². The third-order valence-electron chi connectivity index (χ3n) is 14.6. The van der Waals surface area contributed by atoms with Crippen molar-refractivity contribution in [3.05, 3.63) is 48.6 Å². The molecule has 0 spiro atoms. The molecule has 1 amide bonds. The van der Waals surface area contributed by atoms with Gasteiger partial charge in [0.2, 0.25) is 5.91 Å². The van der Waals surface area contributed by atoms with Crippen LogP contribution in [-0.2, 0) is 4.79 Å². The van der Waals surface area contributed by atoms with Crippen LogP contribution in [0.4, 0.5) is 0 Å². The first kappa shape index (κ1) is 68.3. The number of allylic oxidation sites excluding steroid dienone is 7. The van der Waals surface area contributed by atoms with Crippen molar-refractivity contribution in [2.45, 2.75) is 353 Å². The molecule has 4 N–H and O–H groups in total. The highest BCUT2D eigenvalue weighted by atomic mass is 16.3. The molecule has 0 aromatic carbocycles. The molecule has 0 saturated heterocycles. The van der Waals surface area contributed by atoms with Gasteiger partial charge in [0, 0.05) is 0 Å². The van der Waals surface area contributed by atoms with Gasteiger partial charge in [0.15, 0.2) is 0 Å². The Morgan fingerprint density at radius 1 is 0.343 bits per heavy atom. The van der Waals surface area contributed by atoms with E-state index in [4.69, 9.17) is 0 Å². The van der Waals surface area contributed by atoms with Crippen molar-refractivity contribution < 1.29 is 20.1 Å². The maximum atomic E-state index is 12.6. The molecule has 0 aliphatic heterocycles. The second-order valence-electron chi connectivity index (χ2n) is 21.6. The highest BCUT2D eigenvalue weighted by Gasteiger charge is 2.22. The lowest BCUT2D eigenvalue weighted by atomic mass is 10.0. The third kappa shape index (κ3) is 54.1. The maximum Gasteiger partial charge on any atom is 0.249 e. The average molecular weight is 983 g/mol. The molecular formula is C65H123NO4. The number of rotatable bonds is 58. The van der Waals surface area contributed by atoms with Crippen molar-refractivity contribution in [2.24, 2.45) is 0 Å². The zero-order valence-electron chi connectivity index (χ0n) is 47.2. The molecule has 5 nitrogen and oxygen atoms in total.